The number of aliphatic hydroxyl groups is 1. The molecule has 3 aliphatic rings. The Labute approximate surface area is 145 Å². The number of hydrogen-bond acceptors (Lipinski definition) is 2. The molecule has 1 aromatic carbocycles. The Hall–Kier alpha value is -1.46. The second kappa shape index (κ2) is 5.53. The van der Waals surface area contributed by atoms with Crippen molar-refractivity contribution in [3.05, 3.63) is 29.3 Å². The molecule has 0 aliphatic heterocycles. The third-order valence-corrected chi connectivity index (χ3v) is 7.65. The van der Waals surface area contributed by atoms with Crippen LogP contribution < -0.4 is 4.74 Å². The molecular weight excluding hydrogens is 296 g/mol. The minimum Gasteiger partial charge on any atom is -0.497 e. The molecule has 0 heterocycles. The molecule has 0 unspecified atom stereocenters. The van der Waals surface area contributed by atoms with E-state index in [1.54, 1.807) is 7.11 Å². The lowest BCUT2D eigenvalue weighted by atomic mass is 9.52. The summed E-state index contributed by atoms with van der Waals surface area (Å²) in [6.07, 6.45) is 13.2. The summed E-state index contributed by atoms with van der Waals surface area (Å²) in [5, 5.41) is 11.1. The Balaban J connectivity index is 1.71. The average molecular weight is 324 g/mol. The van der Waals surface area contributed by atoms with Gasteiger partial charge in [0.1, 0.15) is 11.4 Å². The summed E-state index contributed by atoms with van der Waals surface area (Å²) < 4.78 is 5.41. The van der Waals surface area contributed by atoms with Gasteiger partial charge in [-0.1, -0.05) is 18.9 Å². The molecular formula is C22H28O2. The van der Waals surface area contributed by atoms with Crippen molar-refractivity contribution in [1.29, 1.82) is 0 Å². The summed E-state index contributed by atoms with van der Waals surface area (Å²) in [5.41, 5.74) is 2.03. The summed E-state index contributed by atoms with van der Waals surface area (Å²) in [7, 11) is 1.74. The van der Waals surface area contributed by atoms with Crippen LogP contribution in [0, 0.1) is 29.6 Å². The number of fused-ring (bicyclic) bond motifs is 5. The molecule has 2 nitrogen and oxygen atoms in total. The lowest BCUT2D eigenvalue weighted by Crippen LogP contribution is -2.51. The standard InChI is InChI=1S/C22H28O2/c1-4-21-12-10-18-17-9-7-16(24-3)14-15(17)6-8-19(18)20(21)11-13-22(21,23)5-2/h2,7,9,14,18-20,23H,4,6,8,10-13H2,1,3H3/t18-,19+,20-,21-,22-/m0/s1. The zero-order valence-corrected chi connectivity index (χ0v) is 14.8. The largest absolute Gasteiger partial charge is 0.497 e. The van der Waals surface area contributed by atoms with E-state index >= 15 is 0 Å². The first-order chi connectivity index (χ1) is 11.6. The van der Waals surface area contributed by atoms with Crippen molar-refractivity contribution >= 4 is 0 Å². The third kappa shape index (κ3) is 1.94. The van der Waals surface area contributed by atoms with E-state index in [0.717, 1.165) is 44.3 Å². The second-order valence-corrected chi connectivity index (χ2v) is 8.07. The van der Waals surface area contributed by atoms with Gasteiger partial charge in [-0.2, -0.15) is 0 Å². The lowest BCUT2D eigenvalue weighted by molar-refractivity contribution is -0.0799. The first-order valence-electron chi connectivity index (χ1n) is 9.45. The maximum absolute atomic E-state index is 11.1. The summed E-state index contributed by atoms with van der Waals surface area (Å²) >= 11 is 0. The minimum atomic E-state index is -0.891. The van der Waals surface area contributed by atoms with E-state index in [-0.39, 0.29) is 5.41 Å². The van der Waals surface area contributed by atoms with Gasteiger partial charge in [-0.3, -0.25) is 0 Å². The normalized spacial score (nSPS) is 40.2. The lowest BCUT2D eigenvalue weighted by Gasteiger charge is -2.53. The van der Waals surface area contributed by atoms with Gasteiger partial charge in [-0.25, -0.2) is 0 Å². The summed E-state index contributed by atoms with van der Waals surface area (Å²) in [5.74, 6) is 5.63. The molecule has 1 N–H and O–H groups in total. The highest BCUT2D eigenvalue weighted by atomic mass is 16.5. The van der Waals surface area contributed by atoms with E-state index in [4.69, 9.17) is 11.2 Å². The molecule has 5 atom stereocenters. The molecule has 0 spiro atoms. The number of hydrogen-bond donors (Lipinski definition) is 1. The Morgan fingerprint density at radius 2 is 2.12 bits per heavy atom. The van der Waals surface area contributed by atoms with Crippen LogP contribution in [-0.2, 0) is 6.42 Å². The van der Waals surface area contributed by atoms with Crippen LogP contribution in [0.3, 0.4) is 0 Å². The van der Waals surface area contributed by atoms with E-state index in [1.807, 2.05) is 0 Å². The van der Waals surface area contributed by atoms with Gasteiger partial charge in [-0.15, -0.1) is 6.42 Å². The van der Waals surface area contributed by atoms with E-state index < -0.39 is 5.60 Å². The fraction of sp³-hybridized carbons (Fsp3) is 0.636. The van der Waals surface area contributed by atoms with Crippen molar-refractivity contribution in [3.63, 3.8) is 0 Å². The predicted octanol–water partition coefficient (Wildman–Crippen LogP) is 4.31. The van der Waals surface area contributed by atoms with Crippen molar-refractivity contribution in [3.8, 4) is 18.1 Å². The molecule has 4 rings (SSSR count). The Morgan fingerprint density at radius 3 is 2.83 bits per heavy atom. The van der Waals surface area contributed by atoms with Crippen molar-refractivity contribution in [2.45, 2.75) is 63.4 Å². The third-order valence-electron chi connectivity index (χ3n) is 7.65. The molecule has 0 bridgehead atoms. The van der Waals surface area contributed by atoms with Crippen molar-refractivity contribution < 1.29 is 9.84 Å². The van der Waals surface area contributed by atoms with Crippen LogP contribution in [0.5, 0.6) is 5.75 Å². The molecule has 0 aromatic heterocycles. The molecule has 0 amide bonds. The second-order valence-electron chi connectivity index (χ2n) is 8.07. The molecule has 2 fully saturated rings. The average Bonchev–Trinajstić information content (AvgIpc) is 2.94. The van der Waals surface area contributed by atoms with Gasteiger partial charge in [0, 0.05) is 5.41 Å². The van der Waals surface area contributed by atoms with Gasteiger partial charge in [0.15, 0.2) is 0 Å². The number of rotatable bonds is 2. The maximum Gasteiger partial charge on any atom is 0.131 e. The highest BCUT2D eigenvalue weighted by molar-refractivity contribution is 5.41. The quantitative estimate of drug-likeness (QED) is 0.822. The summed E-state index contributed by atoms with van der Waals surface area (Å²) in [6.45, 7) is 2.22. The van der Waals surface area contributed by atoms with E-state index in [2.05, 4.69) is 31.0 Å². The smallest absolute Gasteiger partial charge is 0.131 e. The monoisotopic (exact) mass is 324 g/mol. The van der Waals surface area contributed by atoms with Gasteiger partial charge < -0.3 is 9.84 Å². The van der Waals surface area contributed by atoms with Crippen LogP contribution in [0.1, 0.15) is 62.5 Å². The molecule has 0 radical (unpaired) electrons. The molecule has 2 heteroatoms. The SMILES string of the molecule is C#C[C@]1(O)CC[C@H]2[C@@H]3CCc4cc(OC)ccc4[C@@H]3CC[C@@]21CC. The van der Waals surface area contributed by atoms with Crippen LogP contribution in [0.25, 0.3) is 0 Å². The zero-order valence-electron chi connectivity index (χ0n) is 14.8. The van der Waals surface area contributed by atoms with Crippen molar-refractivity contribution in [1.82, 2.24) is 0 Å². The summed E-state index contributed by atoms with van der Waals surface area (Å²) in [4.78, 5) is 0. The first kappa shape index (κ1) is 16.0. The predicted molar refractivity (Wildman–Crippen MR) is 96.0 cm³/mol. The highest BCUT2D eigenvalue weighted by Crippen LogP contribution is 2.65. The topological polar surface area (TPSA) is 29.5 Å². The number of methoxy groups -OCH3 is 1. The van der Waals surface area contributed by atoms with Crippen LogP contribution >= 0.6 is 0 Å². The molecule has 1 aromatic rings. The van der Waals surface area contributed by atoms with E-state index in [9.17, 15) is 5.11 Å². The van der Waals surface area contributed by atoms with Gasteiger partial charge in [0.05, 0.1) is 7.11 Å². The fourth-order valence-corrected chi connectivity index (χ4v) is 6.47. The van der Waals surface area contributed by atoms with Gasteiger partial charge in [0.25, 0.3) is 0 Å². The fourth-order valence-electron chi connectivity index (χ4n) is 6.47. The molecule has 3 aliphatic carbocycles. The molecule has 128 valence electrons. The minimum absolute atomic E-state index is 0.0626. The van der Waals surface area contributed by atoms with Crippen LogP contribution in [0.15, 0.2) is 18.2 Å². The Bertz CT molecular complexity index is 688. The number of aryl methyl sites for hydroxylation is 1. The number of terminal acetylenes is 1. The van der Waals surface area contributed by atoms with Gasteiger partial charge in [-0.05, 0) is 86.0 Å². The van der Waals surface area contributed by atoms with Gasteiger partial charge >= 0.3 is 0 Å². The van der Waals surface area contributed by atoms with Crippen LogP contribution in [0.2, 0.25) is 0 Å². The first-order valence-corrected chi connectivity index (χ1v) is 9.45. The number of ether oxygens (including phenoxy) is 1. The maximum atomic E-state index is 11.1. The number of benzene rings is 1. The van der Waals surface area contributed by atoms with Crippen molar-refractivity contribution in [2.24, 2.45) is 17.3 Å². The molecule has 2 saturated carbocycles. The van der Waals surface area contributed by atoms with Gasteiger partial charge in [0.2, 0.25) is 0 Å². The molecule has 0 saturated heterocycles. The zero-order chi connectivity index (χ0) is 16.9. The van der Waals surface area contributed by atoms with E-state index in [0.29, 0.717) is 17.8 Å². The highest BCUT2D eigenvalue weighted by Gasteiger charge is 2.62. The Morgan fingerprint density at radius 1 is 1.29 bits per heavy atom. The van der Waals surface area contributed by atoms with E-state index in [1.165, 1.54) is 17.5 Å². The van der Waals surface area contributed by atoms with Crippen molar-refractivity contribution in [2.75, 3.05) is 7.11 Å². The Kier molecular flexibility index (Phi) is 3.69. The van der Waals surface area contributed by atoms with Crippen LogP contribution in [-0.4, -0.2) is 17.8 Å². The summed E-state index contributed by atoms with van der Waals surface area (Å²) in [6, 6.07) is 6.61. The molecule has 24 heavy (non-hydrogen) atoms. The van der Waals surface area contributed by atoms with Crippen LogP contribution in [0.4, 0.5) is 0 Å².